The molecule has 0 spiro atoms. The van der Waals surface area contributed by atoms with Crippen LogP contribution in [0.3, 0.4) is 0 Å². The van der Waals surface area contributed by atoms with Crippen molar-refractivity contribution in [2.75, 3.05) is 18.9 Å². The first kappa shape index (κ1) is 20.6. The van der Waals surface area contributed by atoms with Crippen molar-refractivity contribution in [1.29, 1.82) is 0 Å². The van der Waals surface area contributed by atoms with Crippen molar-refractivity contribution in [3.05, 3.63) is 72.2 Å². The third kappa shape index (κ3) is 5.29. The van der Waals surface area contributed by atoms with Crippen LogP contribution in [0.5, 0.6) is 0 Å². The van der Waals surface area contributed by atoms with Crippen molar-refractivity contribution in [2.45, 2.75) is 30.6 Å². The van der Waals surface area contributed by atoms with Crippen LogP contribution in [0.4, 0.5) is 4.39 Å². The van der Waals surface area contributed by atoms with Crippen molar-refractivity contribution in [3.8, 4) is 11.3 Å². The van der Waals surface area contributed by atoms with E-state index in [0.717, 1.165) is 41.4 Å². The fraction of sp³-hybridized carbons (Fsp3) is 0.304. The minimum Gasteiger partial charge on any atom is -0.376 e. The van der Waals surface area contributed by atoms with Gasteiger partial charge in [0, 0.05) is 13.2 Å². The first-order valence-electron chi connectivity index (χ1n) is 10.1. The number of carbonyl (C=O) groups excluding carboxylic acids is 1. The highest BCUT2D eigenvalue weighted by molar-refractivity contribution is 7.99. The van der Waals surface area contributed by atoms with Gasteiger partial charge in [-0.2, -0.15) is 0 Å². The molecule has 1 N–H and O–H groups in total. The zero-order chi connectivity index (χ0) is 20.8. The Bertz CT molecular complexity index is 970. The summed E-state index contributed by atoms with van der Waals surface area (Å²) in [7, 11) is 0. The van der Waals surface area contributed by atoms with Gasteiger partial charge in [0.05, 0.1) is 30.3 Å². The highest BCUT2D eigenvalue weighted by Crippen LogP contribution is 2.27. The molecule has 1 fully saturated rings. The number of imidazole rings is 1. The molecule has 0 saturated carbocycles. The fourth-order valence-electron chi connectivity index (χ4n) is 3.46. The molecule has 2 heterocycles. The summed E-state index contributed by atoms with van der Waals surface area (Å²) in [6.07, 6.45) is 3.96. The Morgan fingerprint density at radius 2 is 2.00 bits per heavy atom. The summed E-state index contributed by atoms with van der Waals surface area (Å²) < 4.78 is 21.0. The second-order valence-electron chi connectivity index (χ2n) is 7.23. The van der Waals surface area contributed by atoms with Crippen LogP contribution >= 0.6 is 11.8 Å². The molecule has 156 valence electrons. The zero-order valence-corrected chi connectivity index (χ0v) is 17.4. The van der Waals surface area contributed by atoms with Gasteiger partial charge in [0.15, 0.2) is 5.16 Å². The van der Waals surface area contributed by atoms with Gasteiger partial charge in [-0.1, -0.05) is 42.1 Å². The fourth-order valence-corrected chi connectivity index (χ4v) is 4.27. The van der Waals surface area contributed by atoms with Gasteiger partial charge < -0.3 is 14.6 Å². The minimum atomic E-state index is -0.273. The molecule has 1 aliphatic rings. The molecular weight excluding hydrogens is 401 g/mol. The molecule has 1 saturated heterocycles. The van der Waals surface area contributed by atoms with Crippen molar-refractivity contribution in [3.63, 3.8) is 0 Å². The van der Waals surface area contributed by atoms with E-state index in [2.05, 4.69) is 27.0 Å². The van der Waals surface area contributed by atoms with Gasteiger partial charge >= 0.3 is 0 Å². The Morgan fingerprint density at radius 3 is 2.73 bits per heavy atom. The number of nitrogens with one attached hydrogen (secondary N) is 1. The van der Waals surface area contributed by atoms with Gasteiger partial charge in [-0.15, -0.1) is 0 Å². The van der Waals surface area contributed by atoms with E-state index in [1.54, 1.807) is 18.3 Å². The standard InChI is InChI=1S/C23H24FN3O2S/c24-19-10-8-18(9-11-19)21-14-26-23(27(21)15-17-5-2-1-3-6-17)30-16-22(28)25-13-20-7-4-12-29-20/h1-3,5-6,8-11,14,20H,4,7,12-13,15-16H2,(H,25,28)/t20-/m0/s1. The first-order valence-corrected chi connectivity index (χ1v) is 11.0. The number of thioether (sulfide) groups is 1. The van der Waals surface area contributed by atoms with Crippen LogP contribution < -0.4 is 5.32 Å². The van der Waals surface area contributed by atoms with E-state index in [9.17, 15) is 9.18 Å². The number of hydrogen-bond acceptors (Lipinski definition) is 4. The Morgan fingerprint density at radius 1 is 1.20 bits per heavy atom. The van der Waals surface area contributed by atoms with Crippen LogP contribution in [0.2, 0.25) is 0 Å². The molecule has 0 aliphatic carbocycles. The van der Waals surface area contributed by atoms with Crippen LogP contribution in [0.15, 0.2) is 66.0 Å². The van der Waals surface area contributed by atoms with Crippen LogP contribution in [0.25, 0.3) is 11.3 Å². The number of amides is 1. The molecule has 2 aromatic carbocycles. The maximum Gasteiger partial charge on any atom is 0.230 e. The topological polar surface area (TPSA) is 56.2 Å². The van der Waals surface area contributed by atoms with Crippen molar-refractivity contribution < 1.29 is 13.9 Å². The molecule has 1 amide bonds. The molecule has 5 nitrogen and oxygen atoms in total. The lowest BCUT2D eigenvalue weighted by Gasteiger charge is -2.13. The van der Waals surface area contributed by atoms with E-state index < -0.39 is 0 Å². The summed E-state index contributed by atoms with van der Waals surface area (Å²) in [4.78, 5) is 16.8. The quantitative estimate of drug-likeness (QED) is 0.552. The van der Waals surface area contributed by atoms with E-state index in [-0.39, 0.29) is 23.6 Å². The summed E-state index contributed by atoms with van der Waals surface area (Å²) in [6.45, 7) is 1.95. The second-order valence-corrected chi connectivity index (χ2v) is 8.17. The normalized spacial score (nSPS) is 16.0. The molecule has 4 rings (SSSR count). The zero-order valence-electron chi connectivity index (χ0n) is 16.6. The third-order valence-corrected chi connectivity index (χ3v) is 6.02. The second kappa shape index (κ2) is 9.91. The van der Waals surface area contributed by atoms with Crippen molar-refractivity contribution in [1.82, 2.24) is 14.9 Å². The maximum atomic E-state index is 13.4. The summed E-state index contributed by atoms with van der Waals surface area (Å²) in [5.41, 5.74) is 2.90. The van der Waals surface area contributed by atoms with Gasteiger partial charge in [-0.05, 0) is 48.2 Å². The molecule has 0 radical (unpaired) electrons. The highest BCUT2D eigenvalue weighted by Gasteiger charge is 2.18. The largest absolute Gasteiger partial charge is 0.376 e. The molecule has 1 aromatic heterocycles. The van der Waals surface area contributed by atoms with Crippen molar-refractivity contribution in [2.24, 2.45) is 0 Å². The Hall–Kier alpha value is -2.64. The monoisotopic (exact) mass is 425 g/mol. The first-order chi connectivity index (χ1) is 14.7. The predicted molar refractivity (Wildman–Crippen MR) is 116 cm³/mol. The Kier molecular flexibility index (Phi) is 6.81. The number of halogens is 1. The molecule has 30 heavy (non-hydrogen) atoms. The number of rotatable bonds is 8. The van der Waals surface area contributed by atoms with E-state index in [1.807, 2.05) is 18.2 Å². The highest BCUT2D eigenvalue weighted by atomic mass is 32.2. The van der Waals surface area contributed by atoms with Crippen molar-refractivity contribution >= 4 is 17.7 Å². The Balaban J connectivity index is 1.48. The average Bonchev–Trinajstić information content (AvgIpc) is 3.42. The lowest BCUT2D eigenvalue weighted by Crippen LogP contribution is -2.32. The van der Waals surface area contributed by atoms with Crippen LogP contribution in [-0.4, -0.2) is 40.5 Å². The number of ether oxygens (including phenoxy) is 1. The summed E-state index contributed by atoms with van der Waals surface area (Å²) >= 11 is 1.40. The van der Waals surface area contributed by atoms with Gasteiger partial charge in [-0.25, -0.2) is 9.37 Å². The lowest BCUT2D eigenvalue weighted by atomic mass is 10.1. The van der Waals surface area contributed by atoms with Crippen LogP contribution in [0, 0.1) is 5.82 Å². The molecule has 1 aliphatic heterocycles. The molecule has 3 aromatic rings. The Labute approximate surface area is 179 Å². The van der Waals surface area contributed by atoms with Gasteiger partial charge in [0.1, 0.15) is 5.82 Å². The predicted octanol–water partition coefficient (Wildman–Crippen LogP) is 4.12. The summed E-state index contributed by atoms with van der Waals surface area (Å²) in [5, 5.41) is 3.70. The van der Waals surface area contributed by atoms with Crippen LogP contribution in [-0.2, 0) is 16.1 Å². The number of nitrogens with zero attached hydrogens (tertiary/aromatic N) is 2. The van der Waals surface area contributed by atoms with Gasteiger partial charge in [0.2, 0.25) is 5.91 Å². The van der Waals surface area contributed by atoms with E-state index in [4.69, 9.17) is 4.74 Å². The molecule has 1 atom stereocenters. The minimum absolute atomic E-state index is 0.0342. The molecule has 7 heteroatoms. The van der Waals surface area contributed by atoms with Gasteiger partial charge in [0.25, 0.3) is 0 Å². The van der Waals surface area contributed by atoms with E-state index in [1.165, 1.54) is 23.9 Å². The van der Waals surface area contributed by atoms with Crippen LogP contribution in [0.1, 0.15) is 18.4 Å². The SMILES string of the molecule is O=C(CSc1ncc(-c2ccc(F)cc2)n1Cc1ccccc1)NC[C@@H]1CCCO1. The average molecular weight is 426 g/mol. The number of benzene rings is 2. The molecule has 0 unspecified atom stereocenters. The maximum absolute atomic E-state index is 13.4. The third-order valence-electron chi connectivity index (χ3n) is 5.03. The molecule has 0 bridgehead atoms. The summed E-state index contributed by atoms with van der Waals surface area (Å²) in [6, 6.07) is 16.5. The summed E-state index contributed by atoms with van der Waals surface area (Å²) in [5.74, 6) is -0.0278. The van der Waals surface area contributed by atoms with E-state index in [0.29, 0.717) is 13.1 Å². The lowest BCUT2D eigenvalue weighted by molar-refractivity contribution is -0.119. The number of carbonyl (C=O) groups is 1. The smallest absolute Gasteiger partial charge is 0.230 e. The van der Waals surface area contributed by atoms with Gasteiger partial charge in [-0.3, -0.25) is 4.79 Å². The van der Waals surface area contributed by atoms with E-state index >= 15 is 0 Å². The number of hydrogen-bond donors (Lipinski definition) is 1. The number of aromatic nitrogens is 2. The molecular formula is C23H24FN3O2S.